The van der Waals surface area contributed by atoms with E-state index >= 15 is 0 Å². The third-order valence-electron chi connectivity index (χ3n) is 4.91. The molecule has 0 saturated carbocycles. The van der Waals surface area contributed by atoms with Crippen LogP contribution in [0.1, 0.15) is 35.8 Å². The van der Waals surface area contributed by atoms with Crippen LogP contribution in [0.2, 0.25) is 0 Å². The topological polar surface area (TPSA) is 69.2 Å². The maximum atomic E-state index is 13.4. The standard InChI is InChI=1S/C20H20FN3O2/c21-15-7-8-16-17(11-15)23-20(22-16)18-2-1-9-24(18)12-14-5-3-13(4-6-14)10-19(25)26/h3-8,11,18H,1-2,9-10,12H2,(H,22,23)(H,25,26)/t18-/m1/s1. The highest BCUT2D eigenvalue weighted by molar-refractivity contribution is 5.75. The van der Waals surface area contributed by atoms with E-state index in [0.29, 0.717) is 0 Å². The molecule has 0 unspecified atom stereocenters. The average Bonchev–Trinajstić information content (AvgIpc) is 3.22. The zero-order valence-electron chi connectivity index (χ0n) is 14.3. The summed E-state index contributed by atoms with van der Waals surface area (Å²) in [6.45, 7) is 1.76. The number of nitrogens with one attached hydrogen (secondary N) is 1. The predicted octanol–water partition coefficient (Wildman–Crippen LogP) is 3.67. The van der Waals surface area contributed by atoms with Gasteiger partial charge in [0, 0.05) is 6.54 Å². The van der Waals surface area contributed by atoms with E-state index in [-0.39, 0.29) is 18.3 Å². The molecule has 134 valence electrons. The minimum Gasteiger partial charge on any atom is -0.481 e. The molecule has 0 aliphatic carbocycles. The summed E-state index contributed by atoms with van der Waals surface area (Å²) >= 11 is 0. The second-order valence-electron chi connectivity index (χ2n) is 6.80. The number of halogens is 1. The summed E-state index contributed by atoms with van der Waals surface area (Å²) in [5.74, 6) is -0.207. The van der Waals surface area contributed by atoms with E-state index in [1.54, 1.807) is 6.07 Å². The van der Waals surface area contributed by atoms with Crippen LogP contribution in [0, 0.1) is 5.82 Å². The Bertz CT molecular complexity index is 936. The number of imidazole rings is 1. The first-order valence-electron chi connectivity index (χ1n) is 8.77. The molecule has 5 nitrogen and oxygen atoms in total. The van der Waals surface area contributed by atoms with Crippen LogP contribution in [-0.4, -0.2) is 32.5 Å². The van der Waals surface area contributed by atoms with Crippen molar-refractivity contribution in [2.45, 2.75) is 31.8 Å². The van der Waals surface area contributed by atoms with E-state index in [9.17, 15) is 9.18 Å². The van der Waals surface area contributed by atoms with Gasteiger partial charge in [-0.15, -0.1) is 0 Å². The lowest BCUT2D eigenvalue weighted by Crippen LogP contribution is -2.23. The largest absolute Gasteiger partial charge is 0.481 e. The molecule has 1 atom stereocenters. The van der Waals surface area contributed by atoms with E-state index < -0.39 is 5.97 Å². The molecule has 0 spiro atoms. The number of aromatic nitrogens is 2. The first-order chi connectivity index (χ1) is 12.6. The molecule has 2 heterocycles. The molecule has 6 heteroatoms. The molecule has 1 aliphatic heterocycles. The highest BCUT2D eigenvalue weighted by Crippen LogP contribution is 2.32. The number of carboxylic acid groups (broad SMARTS) is 1. The molecule has 4 rings (SSSR count). The fourth-order valence-corrected chi connectivity index (χ4v) is 3.66. The van der Waals surface area contributed by atoms with Crippen LogP contribution < -0.4 is 0 Å². The Morgan fingerprint density at radius 1 is 1.23 bits per heavy atom. The van der Waals surface area contributed by atoms with Crippen molar-refractivity contribution in [2.24, 2.45) is 0 Å². The number of aromatic amines is 1. The molecular formula is C20H20FN3O2. The van der Waals surface area contributed by atoms with Gasteiger partial charge >= 0.3 is 5.97 Å². The average molecular weight is 353 g/mol. The Morgan fingerprint density at radius 2 is 2.00 bits per heavy atom. The highest BCUT2D eigenvalue weighted by atomic mass is 19.1. The van der Waals surface area contributed by atoms with Gasteiger partial charge in [0.25, 0.3) is 0 Å². The van der Waals surface area contributed by atoms with Gasteiger partial charge in [-0.05, 0) is 48.7 Å². The van der Waals surface area contributed by atoms with Crippen molar-refractivity contribution in [3.63, 3.8) is 0 Å². The Hall–Kier alpha value is -2.73. The molecule has 1 saturated heterocycles. The highest BCUT2D eigenvalue weighted by Gasteiger charge is 2.28. The number of hydrogen-bond donors (Lipinski definition) is 2. The molecule has 3 aromatic rings. The second-order valence-corrected chi connectivity index (χ2v) is 6.80. The minimum absolute atomic E-state index is 0.0438. The normalized spacial score (nSPS) is 17.8. The van der Waals surface area contributed by atoms with Crippen molar-refractivity contribution in [1.82, 2.24) is 14.9 Å². The molecule has 0 radical (unpaired) electrons. The molecule has 0 amide bonds. The summed E-state index contributed by atoms with van der Waals surface area (Å²) in [6, 6.07) is 12.5. The summed E-state index contributed by atoms with van der Waals surface area (Å²) in [6.07, 6.45) is 2.15. The lowest BCUT2D eigenvalue weighted by Gasteiger charge is -2.23. The Morgan fingerprint density at radius 3 is 2.77 bits per heavy atom. The number of nitrogens with zero attached hydrogens (tertiary/aromatic N) is 2. The van der Waals surface area contributed by atoms with Crippen molar-refractivity contribution in [3.8, 4) is 0 Å². The van der Waals surface area contributed by atoms with Crippen LogP contribution in [0.4, 0.5) is 4.39 Å². The summed E-state index contributed by atoms with van der Waals surface area (Å²) in [5, 5.41) is 8.86. The maximum Gasteiger partial charge on any atom is 0.307 e. The first-order valence-corrected chi connectivity index (χ1v) is 8.77. The number of fused-ring (bicyclic) bond motifs is 1. The van der Waals surface area contributed by atoms with Crippen molar-refractivity contribution >= 4 is 17.0 Å². The van der Waals surface area contributed by atoms with Crippen molar-refractivity contribution < 1.29 is 14.3 Å². The van der Waals surface area contributed by atoms with Crippen LogP contribution in [-0.2, 0) is 17.8 Å². The molecular weight excluding hydrogens is 333 g/mol. The molecule has 1 aromatic heterocycles. The first kappa shape index (κ1) is 16.7. The maximum absolute atomic E-state index is 13.4. The monoisotopic (exact) mass is 353 g/mol. The van der Waals surface area contributed by atoms with Gasteiger partial charge in [-0.2, -0.15) is 0 Å². The number of hydrogen-bond acceptors (Lipinski definition) is 3. The Labute approximate surface area is 150 Å². The number of benzene rings is 2. The van der Waals surface area contributed by atoms with Gasteiger partial charge in [-0.3, -0.25) is 9.69 Å². The van der Waals surface area contributed by atoms with E-state index in [1.165, 1.54) is 12.1 Å². The predicted molar refractivity (Wildman–Crippen MR) is 96.2 cm³/mol. The molecule has 26 heavy (non-hydrogen) atoms. The van der Waals surface area contributed by atoms with Gasteiger partial charge in [0.15, 0.2) is 0 Å². The van der Waals surface area contributed by atoms with Gasteiger partial charge in [0.05, 0.1) is 23.5 Å². The molecule has 0 bridgehead atoms. The van der Waals surface area contributed by atoms with Gasteiger partial charge in [-0.1, -0.05) is 24.3 Å². The molecule has 1 fully saturated rings. The third-order valence-corrected chi connectivity index (χ3v) is 4.91. The smallest absolute Gasteiger partial charge is 0.307 e. The van der Waals surface area contributed by atoms with E-state index in [2.05, 4.69) is 14.9 Å². The number of rotatable bonds is 5. The SMILES string of the molecule is O=C(O)Cc1ccc(CN2CCC[C@@H]2c2nc3ccc(F)cc3[nH]2)cc1. The van der Waals surface area contributed by atoms with Crippen molar-refractivity contribution in [3.05, 3.63) is 65.2 Å². The van der Waals surface area contributed by atoms with Crippen LogP contribution >= 0.6 is 0 Å². The lowest BCUT2D eigenvalue weighted by molar-refractivity contribution is -0.136. The van der Waals surface area contributed by atoms with Crippen molar-refractivity contribution in [2.75, 3.05) is 6.54 Å². The van der Waals surface area contributed by atoms with E-state index in [0.717, 1.165) is 53.9 Å². The fourth-order valence-electron chi connectivity index (χ4n) is 3.66. The molecule has 1 aliphatic rings. The third kappa shape index (κ3) is 3.46. The second kappa shape index (κ2) is 6.88. The van der Waals surface area contributed by atoms with Gasteiger partial charge < -0.3 is 10.1 Å². The number of aliphatic carboxylic acids is 1. The van der Waals surface area contributed by atoms with Crippen LogP contribution in [0.3, 0.4) is 0 Å². The minimum atomic E-state index is -0.821. The summed E-state index contributed by atoms with van der Waals surface area (Å²) in [4.78, 5) is 21.1. The number of carboxylic acids is 1. The van der Waals surface area contributed by atoms with Gasteiger partial charge in [0.2, 0.25) is 0 Å². The van der Waals surface area contributed by atoms with Gasteiger partial charge in [0.1, 0.15) is 11.6 Å². The quantitative estimate of drug-likeness (QED) is 0.734. The van der Waals surface area contributed by atoms with Gasteiger partial charge in [-0.25, -0.2) is 9.37 Å². The van der Waals surface area contributed by atoms with Crippen LogP contribution in [0.5, 0.6) is 0 Å². The van der Waals surface area contributed by atoms with Crippen LogP contribution in [0.15, 0.2) is 42.5 Å². The summed E-state index contributed by atoms with van der Waals surface area (Å²) in [7, 11) is 0. The zero-order valence-corrected chi connectivity index (χ0v) is 14.3. The number of H-pyrrole nitrogens is 1. The summed E-state index contributed by atoms with van der Waals surface area (Å²) in [5.41, 5.74) is 3.46. The Balaban J connectivity index is 1.51. The fraction of sp³-hybridized carbons (Fsp3) is 0.300. The lowest BCUT2D eigenvalue weighted by atomic mass is 10.1. The summed E-state index contributed by atoms with van der Waals surface area (Å²) < 4.78 is 13.4. The van der Waals surface area contributed by atoms with E-state index in [1.807, 2.05) is 24.3 Å². The van der Waals surface area contributed by atoms with E-state index in [4.69, 9.17) is 5.11 Å². The Kier molecular flexibility index (Phi) is 4.42. The molecule has 2 N–H and O–H groups in total. The van der Waals surface area contributed by atoms with Crippen LogP contribution in [0.25, 0.3) is 11.0 Å². The molecule has 2 aromatic carbocycles. The zero-order chi connectivity index (χ0) is 18.1. The number of carbonyl (C=O) groups is 1. The number of likely N-dealkylation sites (tertiary alicyclic amines) is 1. The van der Waals surface area contributed by atoms with Crippen molar-refractivity contribution in [1.29, 1.82) is 0 Å².